The molecule has 2 aromatic rings. The van der Waals surface area contributed by atoms with Gasteiger partial charge >= 0.3 is 0 Å². The van der Waals surface area contributed by atoms with E-state index in [4.69, 9.17) is 16.3 Å². The quantitative estimate of drug-likeness (QED) is 0.730. The molecule has 6 nitrogen and oxygen atoms in total. The lowest BCUT2D eigenvalue weighted by Gasteiger charge is -2.17. The second kappa shape index (κ2) is 7.89. The van der Waals surface area contributed by atoms with Crippen LogP contribution in [0, 0.1) is 0 Å². The maximum atomic E-state index is 12.6. The minimum Gasteiger partial charge on any atom is -0.487 e. The Bertz CT molecular complexity index is 1030. The van der Waals surface area contributed by atoms with Gasteiger partial charge in [0, 0.05) is 33.1 Å². The Morgan fingerprint density at radius 2 is 1.97 bits per heavy atom. The number of ether oxygens (including phenoxy) is 1. The normalized spacial score (nSPS) is 17.0. The summed E-state index contributed by atoms with van der Waals surface area (Å²) in [5.74, 6) is 0.219. The molecule has 2 aliphatic rings. The molecule has 2 amide bonds. The minimum atomic E-state index is -0.221. The SMILES string of the molecule is CCN(CC)CC(=O)Nc1ccc2c(c1)C(=C1C(=O)Nc3ccc(Cl)cc31)OC2. The summed E-state index contributed by atoms with van der Waals surface area (Å²) in [6, 6.07) is 10.9. The highest BCUT2D eigenvalue weighted by Gasteiger charge is 2.32. The molecule has 0 saturated carbocycles. The molecule has 2 aromatic carbocycles. The van der Waals surface area contributed by atoms with Crippen molar-refractivity contribution in [1.82, 2.24) is 4.90 Å². The van der Waals surface area contributed by atoms with E-state index in [1.807, 2.05) is 36.9 Å². The van der Waals surface area contributed by atoms with Crippen LogP contribution in [0.3, 0.4) is 0 Å². The fourth-order valence-electron chi connectivity index (χ4n) is 3.64. The molecule has 29 heavy (non-hydrogen) atoms. The summed E-state index contributed by atoms with van der Waals surface area (Å²) in [7, 11) is 0. The van der Waals surface area contributed by atoms with Crippen molar-refractivity contribution in [1.29, 1.82) is 0 Å². The Morgan fingerprint density at radius 1 is 1.17 bits per heavy atom. The first-order valence-corrected chi connectivity index (χ1v) is 10.0. The summed E-state index contributed by atoms with van der Waals surface area (Å²) in [5.41, 5.74) is 4.35. The van der Waals surface area contributed by atoms with Crippen molar-refractivity contribution in [2.75, 3.05) is 30.3 Å². The van der Waals surface area contributed by atoms with Crippen LogP contribution in [0.15, 0.2) is 36.4 Å². The van der Waals surface area contributed by atoms with Crippen LogP contribution in [-0.2, 0) is 20.9 Å². The zero-order valence-corrected chi connectivity index (χ0v) is 17.1. The number of rotatable bonds is 5. The zero-order valence-electron chi connectivity index (χ0n) is 16.3. The van der Waals surface area contributed by atoms with Gasteiger partial charge in [0.2, 0.25) is 5.91 Å². The first kappa shape index (κ1) is 19.5. The van der Waals surface area contributed by atoms with E-state index in [9.17, 15) is 9.59 Å². The Balaban J connectivity index is 1.67. The molecule has 0 radical (unpaired) electrons. The van der Waals surface area contributed by atoms with Gasteiger partial charge in [-0.2, -0.15) is 0 Å². The summed E-state index contributed by atoms with van der Waals surface area (Å²) in [6.07, 6.45) is 0. The third kappa shape index (κ3) is 3.73. The Labute approximate surface area is 174 Å². The maximum absolute atomic E-state index is 12.6. The summed E-state index contributed by atoms with van der Waals surface area (Å²) < 4.78 is 5.89. The molecule has 7 heteroatoms. The fourth-order valence-corrected chi connectivity index (χ4v) is 3.81. The van der Waals surface area contributed by atoms with E-state index in [2.05, 4.69) is 10.6 Å². The number of nitrogens with zero attached hydrogens (tertiary/aromatic N) is 1. The number of carbonyl (C=O) groups is 2. The molecular weight excluding hydrogens is 390 g/mol. The average Bonchev–Trinajstić information content (AvgIpc) is 3.25. The number of halogens is 1. The molecule has 0 fully saturated rings. The summed E-state index contributed by atoms with van der Waals surface area (Å²) in [4.78, 5) is 27.0. The third-order valence-corrected chi connectivity index (χ3v) is 5.46. The van der Waals surface area contributed by atoms with Gasteiger partial charge in [-0.15, -0.1) is 0 Å². The molecule has 0 spiro atoms. The van der Waals surface area contributed by atoms with Crippen molar-refractivity contribution in [3.8, 4) is 0 Å². The summed E-state index contributed by atoms with van der Waals surface area (Å²) >= 11 is 6.14. The third-order valence-electron chi connectivity index (χ3n) is 5.23. The lowest BCUT2D eigenvalue weighted by molar-refractivity contribution is -0.117. The number of amides is 2. The predicted octanol–water partition coefficient (Wildman–Crippen LogP) is 3.97. The van der Waals surface area contributed by atoms with Gasteiger partial charge in [0.05, 0.1) is 12.1 Å². The largest absolute Gasteiger partial charge is 0.487 e. The van der Waals surface area contributed by atoms with Crippen molar-refractivity contribution in [2.24, 2.45) is 0 Å². The van der Waals surface area contributed by atoms with E-state index < -0.39 is 0 Å². The standard InChI is InChI=1S/C22H22ClN3O3/c1-3-26(4-2)11-19(27)24-15-7-5-13-12-29-21(16(13)10-15)20-17-9-14(23)6-8-18(17)25-22(20)28/h5-10H,3-4,11-12H2,1-2H3,(H,24,27)(H,25,28). The van der Waals surface area contributed by atoms with Crippen molar-refractivity contribution in [3.63, 3.8) is 0 Å². The maximum Gasteiger partial charge on any atom is 0.260 e. The number of anilines is 2. The van der Waals surface area contributed by atoms with Gasteiger partial charge in [0.15, 0.2) is 0 Å². The van der Waals surface area contributed by atoms with E-state index in [0.29, 0.717) is 40.9 Å². The van der Waals surface area contributed by atoms with Gasteiger partial charge < -0.3 is 15.4 Å². The number of benzene rings is 2. The molecule has 4 rings (SSSR count). The first-order valence-electron chi connectivity index (χ1n) is 9.64. The van der Waals surface area contributed by atoms with Crippen LogP contribution >= 0.6 is 11.6 Å². The van der Waals surface area contributed by atoms with Crippen LogP contribution in [0.2, 0.25) is 5.02 Å². The average molecular weight is 412 g/mol. The molecule has 150 valence electrons. The molecule has 2 heterocycles. The van der Waals surface area contributed by atoms with Gasteiger partial charge in [-0.25, -0.2) is 0 Å². The molecular formula is C22H22ClN3O3. The Kier molecular flexibility index (Phi) is 5.30. The summed E-state index contributed by atoms with van der Waals surface area (Å²) in [6.45, 7) is 6.40. The van der Waals surface area contributed by atoms with Crippen LogP contribution in [0.25, 0.3) is 11.3 Å². The molecule has 0 saturated heterocycles. The van der Waals surface area contributed by atoms with Gasteiger partial charge in [-0.05, 0) is 43.4 Å². The summed E-state index contributed by atoms with van der Waals surface area (Å²) in [5, 5.41) is 6.34. The van der Waals surface area contributed by atoms with Crippen LogP contribution in [0.1, 0.15) is 30.5 Å². The van der Waals surface area contributed by atoms with Gasteiger partial charge in [0.25, 0.3) is 5.91 Å². The fraction of sp³-hybridized carbons (Fsp3) is 0.273. The second-order valence-corrected chi connectivity index (χ2v) is 7.45. The smallest absolute Gasteiger partial charge is 0.260 e. The Hall–Kier alpha value is -2.83. The highest BCUT2D eigenvalue weighted by Crippen LogP contribution is 2.42. The van der Waals surface area contributed by atoms with Crippen LogP contribution in [-0.4, -0.2) is 36.3 Å². The molecule has 0 aliphatic carbocycles. The second-order valence-electron chi connectivity index (χ2n) is 7.02. The van der Waals surface area contributed by atoms with E-state index >= 15 is 0 Å². The van der Waals surface area contributed by atoms with Gasteiger partial charge in [-0.3, -0.25) is 14.5 Å². The monoisotopic (exact) mass is 411 g/mol. The first-order chi connectivity index (χ1) is 14.0. The molecule has 0 aromatic heterocycles. The predicted molar refractivity (Wildman–Crippen MR) is 115 cm³/mol. The lowest BCUT2D eigenvalue weighted by Crippen LogP contribution is -2.32. The molecule has 0 unspecified atom stereocenters. The Morgan fingerprint density at radius 3 is 2.72 bits per heavy atom. The highest BCUT2D eigenvalue weighted by atomic mass is 35.5. The highest BCUT2D eigenvalue weighted by molar-refractivity contribution is 6.38. The van der Waals surface area contributed by atoms with Crippen molar-refractivity contribution >= 4 is 46.1 Å². The number of hydrogen-bond donors (Lipinski definition) is 2. The molecule has 2 aliphatic heterocycles. The van der Waals surface area contributed by atoms with E-state index in [0.717, 1.165) is 29.8 Å². The molecule has 0 bridgehead atoms. The van der Waals surface area contributed by atoms with Crippen LogP contribution < -0.4 is 10.6 Å². The van der Waals surface area contributed by atoms with E-state index in [1.165, 1.54) is 0 Å². The van der Waals surface area contributed by atoms with Crippen molar-refractivity contribution in [3.05, 3.63) is 58.1 Å². The van der Waals surface area contributed by atoms with Crippen LogP contribution in [0.4, 0.5) is 11.4 Å². The van der Waals surface area contributed by atoms with E-state index in [-0.39, 0.29) is 11.8 Å². The minimum absolute atomic E-state index is 0.0718. The lowest BCUT2D eigenvalue weighted by atomic mass is 10.00. The number of likely N-dealkylation sites (N-methyl/N-ethyl adjacent to an activating group) is 1. The van der Waals surface area contributed by atoms with Gasteiger partial charge in [-0.1, -0.05) is 31.5 Å². The number of carbonyl (C=O) groups excluding carboxylic acids is 2. The molecule has 2 N–H and O–H groups in total. The molecule has 0 atom stereocenters. The number of hydrogen-bond acceptors (Lipinski definition) is 4. The zero-order chi connectivity index (χ0) is 20.5. The van der Waals surface area contributed by atoms with Crippen molar-refractivity contribution < 1.29 is 14.3 Å². The van der Waals surface area contributed by atoms with Gasteiger partial charge in [0.1, 0.15) is 12.4 Å². The topological polar surface area (TPSA) is 70.7 Å². The number of nitrogens with one attached hydrogen (secondary N) is 2. The van der Waals surface area contributed by atoms with Crippen LogP contribution in [0.5, 0.6) is 0 Å². The van der Waals surface area contributed by atoms with E-state index in [1.54, 1.807) is 18.2 Å². The number of fused-ring (bicyclic) bond motifs is 2. The van der Waals surface area contributed by atoms with Crippen molar-refractivity contribution in [2.45, 2.75) is 20.5 Å².